The topological polar surface area (TPSA) is 96.0 Å². The molecule has 2 aromatic carbocycles. The van der Waals surface area contributed by atoms with E-state index in [-0.39, 0.29) is 22.6 Å². The molecule has 1 heterocycles. The van der Waals surface area contributed by atoms with Gasteiger partial charge in [-0.2, -0.15) is 0 Å². The third-order valence-electron chi connectivity index (χ3n) is 3.46. The number of thioether (sulfide) groups is 1. The van der Waals surface area contributed by atoms with Crippen LogP contribution in [0.3, 0.4) is 0 Å². The second kappa shape index (κ2) is 9.94. The number of nitrogens with one attached hydrogen (secondary N) is 3. The molecule has 3 N–H and O–H groups in total. The minimum Gasteiger partial charge on any atom is -0.351 e. The lowest BCUT2D eigenvalue weighted by molar-refractivity contribution is -0.118. The summed E-state index contributed by atoms with van der Waals surface area (Å²) in [6, 6.07) is 10.6. The first-order chi connectivity index (χ1) is 14.0. The molecule has 0 atom stereocenters. The molecule has 3 aromatic rings. The van der Waals surface area contributed by atoms with Crippen LogP contribution < -0.4 is 16.0 Å². The number of rotatable bonds is 7. The Morgan fingerprint density at radius 1 is 0.931 bits per heavy atom. The number of hydrogen-bond acceptors (Lipinski definition) is 6. The molecule has 3 rings (SSSR count). The zero-order valence-corrected chi connectivity index (χ0v) is 16.4. The Hall–Kier alpha value is -3.05. The third-order valence-corrected chi connectivity index (χ3v) is 5.43. The van der Waals surface area contributed by atoms with Crippen molar-refractivity contribution in [3.05, 3.63) is 65.7 Å². The van der Waals surface area contributed by atoms with Crippen molar-refractivity contribution in [1.82, 2.24) is 15.5 Å². The van der Waals surface area contributed by atoms with Crippen molar-refractivity contribution in [3.8, 4) is 0 Å². The Kier molecular flexibility index (Phi) is 7.09. The van der Waals surface area contributed by atoms with Gasteiger partial charge in [0.2, 0.25) is 11.0 Å². The summed E-state index contributed by atoms with van der Waals surface area (Å²) in [6.07, 6.45) is 0. The van der Waals surface area contributed by atoms with Gasteiger partial charge in [-0.05, 0) is 42.0 Å². The van der Waals surface area contributed by atoms with Crippen LogP contribution in [0.5, 0.6) is 0 Å². The highest BCUT2D eigenvalue weighted by Gasteiger charge is 2.11. The zero-order chi connectivity index (χ0) is 20.6. The van der Waals surface area contributed by atoms with Gasteiger partial charge in [-0.25, -0.2) is 13.6 Å². The second-order valence-corrected chi connectivity index (χ2v) is 7.85. The van der Waals surface area contributed by atoms with E-state index in [0.29, 0.717) is 16.6 Å². The molecular weight excluding hydrogens is 420 g/mol. The van der Waals surface area contributed by atoms with Crippen molar-refractivity contribution in [2.75, 3.05) is 16.4 Å². The number of aromatic nitrogens is 2. The van der Waals surface area contributed by atoms with E-state index in [1.165, 1.54) is 48.2 Å². The molecule has 11 heteroatoms. The molecule has 0 saturated heterocycles. The lowest BCUT2D eigenvalue weighted by Crippen LogP contribution is -2.24. The number of carbonyl (C=O) groups is 2. The van der Waals surface area contributed by atoms with E-state index in [1.807, 2.05) is 0 Å². The molecule has 3 amide bonds. The van der Waals surface area contributed by atoms with E-state index in [2.05, 4.69) is 26.1 Å². The number of nitrogens with zero attached hydrogens (tertiary/aromatic N) is 2. The minimum absolute atomic E-state index is 0.123. The largest absolute Gasteiger partial charge is 0.351 e. The Balaban J connectivity index is 1.41. The monoisotopic (exact) mass is 435 g/mol. The maximum Gasteiger partial charge on any atom is 0.325 e. The summed E-state index contributed by atoms with van der Waals surface area (Å²) in [5.41, 5.74) is 1.22. The van der Waals surface area contributed by atoms with Crippen LogP contribution in [-0.4, -0.2) is 27.9 Å². The average molecular weight is 435 g/mol. The van der Waals surface area contributed by atoms with Crippen LogP contribution >= 0.6 is 23.1 Å². The molecule has 0 fully saturated rings. The van der Waals surface area contributed by atoms with E-state index in [4.69, 9.17) is 0 Å². The van der Waals surface area contributed by atoms with Crippen LogP contribution in [0.25, 0.3) is 0 Å². The number of carbonyl (C=O) groups excluding carboxylic acids is 2. The average Bonchev–Trinajstić information content (AvgIpc) is 3.15. The van der Waals surface area contributed by atoms with Gasteiger partial charge < -0.3 is 10.6 Å². The lowest BCUT2D eigenvalue weighted by Gasteiger charge is -2.04. The van der Waals surface area contributed by atoms with Gasteiger partial charge in [0.05, 0.1) is 5.75 Å². The standard InChI is InChI=1S/C18H15F2N5O2S2/c19-12-3-1-11(2-4-12)9-21-15(26)10-28-18-25-24-17(29-18)23-16(27)22-14-7-5-13(20)6-8-14/h1-8H,9-10H2,(H,21,26)(H2,22,23,24,27). The maximum atomic E-state index is 12.9. The van der Waals surface area contributed by atoms with Gasteiger partial charge in [0.25, 0.3) is 0 Å². The van der Waals surface area contributed by atoms with Gasteiger partial charge in [0, 0.05) is 12.2 Å². The zero-order valence-electron chi connectivity index (χ0n) is 14.8. The summed E-state index contributed by atoms with van der Waals surface area (Å²) in [6.45, 7) is 0.298. The van der Waals surface area contributed by atoms with Gasteiger partial charge in [0.15, 0.2) is 4.34 Å². The fraction of sp³-hybridized carbons (Fsp3) is 0.111. The molecule has 1 aromatic heterocycles. The first-order valence-electron chi connectivity index (χ1n) is 8.29. The number of hydrogen-bond donors (Lipinski definition) is 3. The van der Waals surface area contributed by atoms with Gasteiger partial charge in [-0.3, -0.25) is 10.1 Å². The van der Waals surface area contributed by atoms with Gasteiger partial charge >= 0.3 is 6.03 Å². The summed E-state index contributed by atoms with van der Waals surface area (Å²) in [4.78, 5) is 23.8. The molecule has 7 nitrogen and oxygen atoms in total. The van der Waals surface area contributed by atoms with Crippen molar-refractivity contribution < 1.29 is 18.4 Å². The number of anilines is 2. The predicted molar refractivity (Wildman–Crippen MR) is 108 cm³/mol. The van der Waals surface area contributed by atoms with Crippen molar-refractivity contribution in [2.45, 2.75) is 10.9 Å². The molecule has 0 bridgehead atoms. The van der Waals surface area contributed by atoms with Gasteiger partial charge in [-0.1, -0.05) is 35.2 Å². The van der Waals surface area contributed by atoms with E-state index in [9.17, 15) is 18.4 Å². The molecule has 29 heavy (non-hydrogen) atoms. The van der Waals surface area contributed by atoms with Crippen LogP contribution in [0.15, 0.2) is 52.9 Å². The molecule has 0 saturated carbocycles. The normalized spacial score (nSPS) is 10.4. The van der Waals surface area contributed by atoms with E-state index >= 15 is 0 Å². The Labute approximate surface area is 172 Å². The highest BCUT2D eigenvalue weighted by atomic mass is 32.2. The summed E-state index contributed by atoms with van der Waals surface area (Å²) in [5.74, 6) is -0.818. The number of urea groups is 1. The molecule has 0 aliphatic carbocycles. The highest BCUT2D eigenvalue weighted by Crippen LogP contribution is 2.25. The smallest absolute Gasteiger partial charge is 0.325 e. The predicted octanol–water partition coefficient (Wildman–Crippen LogP) is 3.87. The number of amides is 3. The molecule has 0 radical (unpaired) electrons. The van der Waals surface area contributed by atoms with Gasteiger partial charge in [-0.15, -0.1) is 10.2 Å². The third kappa shape index (κ3) is 6.80. The van der Waals surface area contributed by atoms with E-state index in [1.54, 1.807) is 12.1 Å². The summed E-state index contributed by atoms with van der Waals surface area (Å²) >= 11 is 2.30. The molecular formula is C18H15F2N5O2S2. The minimum atomic E-state index is -0.540. The Bertz CT molecular complexity index is 981. The first-order valence-corrected chi connectivity index (χ1v) is 10.1. The van der Waals surface area contributed by atoms with Crippen LogP contribution in [-0.2, 0) is 11.3 Å². The van der Waals surface area contributed by atoms with Crippen LogP contribution in [0, 0.1) is 11.6 Å². The summed E-state index contributed by atoms with van der Waals surface area (Å²) < 4.78 is 26.2. The molecule has 0 aliphatic rings. The van der Waals surface area contributed by atoms with Crippen molar-refractivity contribution in [3.63, 3.8) is 0 Å². The van der Waals surface area contributed by atoms with Crippen molar-refractivity contribution >= 4 is 45.9 Å². The van der Waals surface area contributed by atoms with Crippen LogP contribution in [0.2, 0.25) is 0 Å². The Morgan fingerprint density at radius 3 is 2.28 bits per heavy atom. The van der Waals surface area contributed by atoms with Crippen LogP contribution in [0.4, 0.5) is 24.4 Å². The van der Waals surface area contributed by atoms with Crippen LogP contribution in [0.1, 0.15) is 5.56 Å². The SMILES string of the molecule is O=C(CSc1nnc(NC(=O)Nc2ccc(F)cc2)s1)NCc1ccc(F)cc1. The van der Waals surface area contributed by atoms with E-state index in [0.717, 1.165) is 16.9 Å². The molecule has 0 aliphatic heterocycles. The Morgan fingerprint density at radius 2 is 1.59 bits per heavy atom. The van der Waals surface area contributed by atoms with Gasteiger partial charge in [0.1, 0.15) is 11.6 Å². The van der Waals surface area contributed by atoms with Crippen molar-refractivity contribution in [1.29, 1.82) is 0 Å². The fourth-order valence-corrected chi connectivity index (χ4v) is 3.67. The summed E-state index contributed by atoms with van der Waals surface area (Å²) in [7, 11) is 0. The quantitative estimate of drug-likeness (QED) is 0.387. The maximum absolute atomic E-state index is 12.9. The second-order valence-electron chi connectivity index (χ2n) is 5.65. The number of halogens is 2. The lowest BCUT2D eigenvalue weighted by atomic mass is 10.2. The number of benzene rings is 2. The first kappa shape index (κ1) is 20.7. The molecule has 150 valence electrons. The fourth-order valence-electron chi connectivity index (χ4n) is 2.09. The molecule has 0 unspecified atom stereocenters. The van der Waals surface area contributed by atoms with E-state index < -0.39 is 11.8 Å². The van der Waals surface area contributed by atoms with Crippen molar-refractivity contribution in [2.24, 2.45) is 0 Å². The molecule has 0 spiro atoms. The summed E-state index contributed by atoms with van der Waals surface area (Å²) in [5, 5.41) is 15.8. The highest BCUT2D eigenvalue weighted by molar-refractivity contribution is 8.01.